The second-order valence-corrected chi connectivity index (χ2v) is 8.06. The summed E-state index contributed by atoms with van der Waals surface area (Å²) in [6.07, 6.45) is 3.13. The quantitative estimate of drug-likeness (QED) is 0.317. The average molecular weight is 468 g/mol. The highest BCUT2D eigenvalue weighted by Gasteiger charge is 2.42. The monoisotopic (exact) mass is 468 g/mol. The van der Waals surface area contributed by atoms with Crippen LogP contribution in [-0.2, 0) is 16.6 Å². The van der Waals surface area contributed by atoms with Crippen LogP contribution in [0.5, 0.6) is 17.2 Å². The van der Waals surface area contributed by atoms with Gasteiger partial charge in [-0.15, -0.1) is 0 Å². The molecule has 0 heterocycles. The Hall–Kier alpha value is -3.74. The van der Waals surface area contributed by atoms with E-state index >= 15 is 4.39 Å². The highest BCUT2D eigenvalue weighted by Crippen LogP contribution is 2.50. The summed E-state index contributed by atoms with van der Waals surface area (Å²) in [7, 11) is 1.28. The minimum absolute atomic E-state index is 0.0148. The maximum absolute atomic E-state index is 15.0. The van der Waals surface area contributed by atoms with E-state index in [4.69, 9.17) is 9.47 Å². The number of allylic oxidation sites excluding steroid dienone is 2. The van der Waals surface area contributed by atoms with Crippen LogP contribution >= 0.6 is 0 Å². The molecule has 1 aliphatic carbocycles. The lowest BCUT2D eigenvalue weighted by atomic mass is 9.94. The van der Waals surface area contributed by atoms with Crippen molar-refractivity contribution in [3.8, 4) is 17.2 Å². The molecule has 4 nitrogen and oxygen atoms in total. The molecule has 3 aromatic rings. The molecule has 0 atom stereocenters. The molecule has 0 N–H and O–H groups in total. The van der Waals surface area contributed by atoms with Crippen molar-refractivity contribution in [1.82, 2.24) is 0 Å². The van der Waals surface area contributed by atoms with Crippen LogP contribution in [0.3, 0.4) is 0 Å². The van der Waals surface area contributed by atoms with Gasteiger partial charge in [-0.05, 0) is 66.4 Å². The van der Waals surface area contributed by atoms with Gasteiger partial charge in [-0.1, -0.05) is 36.4 Å². The molecule has 3 aromatic carbocycles. The van der Waals surface area contributed by atoms with Crippen molar-refractivity contribution in [2.75, 3.05) is 7.11 Å². The van der Waals surface area contributed by atoms with Gasteiger partial charge in [-0.25, -0.2) is 9.18 Å². The molecule has 0 aliphatic heterocycles. The molecule has 0 unspecified atom stereocenters. The summed E-state index contributed by atoms with van der Waals surface area (Å²) in [5, 5.41) is 0. The largest absolute Gasteiger partial charge is 0.465 e. The van der Waals surface area contributed by atoms with Gasteiger partial charge in [-0.2, -0.15) is 8.78 Å². The summed E-state index contributed by atoms with van der Waals surface area (Å²) in [6, 6.07) is 20.1. The zero-order valence-electron chi connectivity index (χ0n) is 18.5. The van der Waals surface area contributed by atoms with E-state index in [1.807, 2.05) is 6.07 Å². The summed E-state index contributed by atoms with van der Waals surface area (Å²) in [4.78, 5) is 12.2. The molecule has 0 saturated heterocycles. The van der Waals surface area contributed by atoms with Gasteiger partial charge in [0.1, 0.15) is 28.6 Å². The van der Waals surface area contributed by atoms with Crippen LogP contribution < -0.4 is 9.47 Å². The van der Waals surface area contributed by atoms with Crippen molar-refractivity contribution < 1.29 is 32.2 Å². The standard InChI is InChI=1S/C27H23F3O4/c1-32-25(31)23-12-7-18(16-24(23)33-21-5-3-2-4-6-21)15-20(28)17-27(13-14-27)19-8-10-22(11-9-19)34-26(29)30/h2-12,16-17,26H,13-15H2,1H3/b20-17-. The van der Waals surface area contributed by atoms with E-state index in [2.05, 4.69) is 4.74 Å². The smallest absolute Gasteiger partial charge is 0.387 e. The third kappa shape index (κ3) is 5.60. The van der Waals surface area contributed by atoms with Crippen LogP contribution in [-0.4, -0.2) is 19.7 Å². The number of rotatable bonds is 9. The number of hydrogen-bond donors (Lipinski definition) is 0. The predicted octanol–water partition coefficient (Wildman–Crippen LogP) is 6.99. The first kappa shape index (κ1) is 23.4. The third-order valence-electron chi connectivity index (χ3n) is 5.67. The maximum Gasteiger partial charge on any atom is 0.387 e. The van der Waals surface area contributed by atoms with E-state index in [9.17, 15) is 13.6 Å². The van der Waals surface area contributed by atoms with Crippen LogP contribution in [0.25, 0.3) is 0 Å². The molecule has 34 heavy (non-hydrogen) atoms. The number of esters is 1. The van der Waals surface area contributed by atoms with Crippen molar-refractivity contribution in [3.05, 3.63) is 101 Å². The van der Waals surface area contributed by atoms with Crippen molar-refractivity contribution in [1.29, 1.82) is 0 Å². The Morgan fingerprint density at radius 1 is 1.00 bits per heavy atom. The fraction of sp³-hybridized carbons (Fsp3) is 0.222. The Morgan fingerprint density at radius 2 is 1.71 bits per heavy atom. The number of methoxy groups -OCH3 is 1. The first-order valence-electron chi connectivity index (χ1n) is 10.8. The molecule has 7 heteroatoms. The first-order valence-corrected chi connectivity index (χ1v) is 10.8. The molecule has 176 valence electrons. The Bertz CT molecular complexity index is 1170. The van der Waals surface area contributed by atoms with Gasteiger partial charge in [0, 0.05) is 11.8 Å². The molecule has 0 radical (unpaired) electrons. The lowest BCUT2D eigenvalue weighted by Gasteiger charge is -2.14. The van der Waals surface area contributed by atoms with Crippen molar-refractivity contribution in [2.45, 2.75) is 31.3 Å². The normalized spacial score (nSPS) is 14.6. The molecule has 1 fully saturated rings. The molecular formula is C27H23F3O4. The molecule has 1 saturated carbocycles. The number of alkyl halides is 2. The molecular weight excluding hydrogens is 445 g/mol. The number of carbonyl (C=O) groups excluding carboxylic acids is 1. The number of hydrogen-bond acceptors (Lipinski definition) is 4. The summed E-state index contributed by atoms with van der Waals surface area (Å²) in [5.74, 6) is -0.00153. The van der Waals surface area contributed by atoms with Crippen molar-refractivity contribution in [3.63, 3.8) is 0 Å². The molecule has 4 rings (SSSR count). The second-order valence-electron chi connectivity index (χ2n) is 8.06. The zero-order valence-corrected chi connectivity index (χ0v) is 18.5. The molecule has 0 amide bonds. The fourth-order valence-electron chi connectivity index (χ4n) is 3.82. The minimum atomic E-state index is -2.89. The lowest BCUT2D eigenvalue weighted by Crippen LogP contribution is -2.06. The van der Waals surface area contributed by atoms with Gasteiger partial charge in [0.25, 0.3) is 0 Å². The van der Waals surface area contributed by atoms with Gasteiger partial charge >= 0.3 is 12.6 Å². The van der Waals surface area contributed by atoms with Gasteiger partial charge in [0.05, 0.1) is 7.11 Å². The van der Waals surface area contributed by atoms with Gasteiger partial charge in [-0.3, -0.25) is 0 Å². The highest BCUT2D eigenvalue weighted by atomic mass is 19.3. The van der Waals surface area contributed by atoms with E-state index in [-0.39, 0.29) is 29.3 Å². The average Bonchev–Trinajstić information content (AvgIpc) is 3.60. The Kier molecular flexibility index (Phi) is 6.91. The van der Waals surface area contributed by atoms with Gasteiger partial charge in [0.15, 0.2) is 0 Å². The molecule has 0 aromatic heterocycles. The van der Waals surface area contributed by atoms with Crippen molar-refractivity contribution in [2.24, 2.45) is 0 Å². The van der Waals surface area contributed by atoms with Crippen LogP contribution in [0.4, 0.5) is 13.2 Å². The lowest BCUT2D eigenvalue weighted by molar-refractivity contribution is -0.0498. The van der Waals surface area contributed by atoms with E-state index in [1.54, 1.807) is 60.7 Å². The third-order valence-corrected chi connectivity index (χ3v) is 5.67. The Balaban J connectivity index is 1.53. The number of carbonyl (C=O) groups is 1. The Morgan fingerprint density at radius 3 is 2.32 bits per heavy atom. The Labute approximate surface area is 195 Å². The fourth-order valence-corrected chi connectivity index (χ4v) is 3.82. The number of benzene rings is 3. The predicted molar refractivity (Wildman–Crippen MR) is 121 cm³/mol. The number of ether oxygens (including phenoxy) is 3. The van der Waals surface area contributed by atoms with Gasteiger partial charge in [0.2, 0.25) is 0 Å². The van der Waals surface area contributed by atoms with Crippen LogP contribution in [0, 0.1) is 0 Å². The second kappa shape index (κ2) is 10.0. The van der Waals surface area contributed by atoms with Crippen LogP contribution in [0.1, 0.15) is 34.3 Å². The highest BCUT2D eigenvalue weighted by molar-refractivity contribution is 5.92. The van der Waals surface area contributed by atoms with E-state index < -0.39 is 18.0 Å². The zero-order chi connectivity index (χ0) is 24.1. The molecule has 1 aliphatic rings. The molecule has 0 bridgehead atoms. The summed E-state index contributed by atoms with van der Waals surface area (Å²) >= 11 is 0. The van der Waals surface area contributed by atoms with E-state index in [1.165, 1.54) is 19.2 Å². The first-order chi connectivity index (χ1) is 16.4. The number of halogens is 3. The van der Waals surface area contributed by atoms with Crippen LogP contribution in [0.15, 0.2) is 84.7 Å². The maximum atomic E-state index is 15.0. The summed E-state index contributed by atoms with van der Waals surface area (Å²) in [6.45, 7) is -2.89. The number of para-hydroxylation sites is 1. The van der Waals surface area contributed by atoms with Gasteiger partial charge < -0.3 is 14.2 Å². The topological polar surface area (TPSA) is 44.8 Å². The summed E-state index contributed by atoms with van der Waals surface area (Å²) < 4.78 is 54.9. The SMILES string of the molecule is COC(=O)c1ccc(C/C(F)=C/C2(c3ccc(OC(F)F)cc3)CC2)cc1Oc1ccccc1. The van der Waals surface area contributed by atoms with E-state index in [0.29, 0.717) is 11.3 Å². The van der Waals surface area contributed by atoms with E-state index in [0.717, 1.165) is 18.4 Å². The molecule has 0 spiro atoms. The summed E-state index contributed by atoms with van der Waals surface area (Å²) in [5.41, 5.74) is 1.26. The minimum Gasteiger partial charge on any atom is -0.465 e. The van der Waals surface area contributed by atoms with Crippen molar-refractivity contribution >= 4 is 5.97 Å². The van der Waals surface area contributed by atoms with Crippen LogP contribution in [0.2, 0.25) is 0 Å².